The first-order chi connectivity index (χ1) is 6.72. The number of ether oxygens (including phenoxy) is 1. The molecule has 1 rings (SSSR count). The Bertz CT molecular complexity index is 200. The lowest BCUT2D eigenvalue weighted by Crippen LogP contribution is -2.26. The lowest BCUT2D eigenvalue weighted by atomic mass is 9.85. The monoisotopic (exact) mass is 199 g/mol. The van der Waals surface area contributed by atoms with E-state index in [9.17, 15) is 9.59 Å². The summed E-state index contributed by atoms with van der Waals surface area (Å²) in [6.07, 6.45) is 5.76. The van der Waals surface area contributed by atoms with Crippen LogP contribution in [0.15, 0.2) is 0 Å². The Balaban J connectivity index is 2.30. The average molecular weight is 199 g/mol. The molecule has 0 aliphatic heterocycles. The first-order valence-corrected chi connectivity index (χ1v) is 5.13. The molecule has 0 aromatic carbocycles. The Kier molecular flexibility index (Phi) is 4.43. The van der Waals surface area contributed by atoms with Crippen molar-refractivity contribution in [1.29, 1.82) is 0 Å². The van der Waals surface area contributed by atoms with Crippen molar-refractivity contribution in [2.24, 2.45) is 11.7 Å². The van der Waals surface area contributed by atoms with Crippen molar-refractivity contribution in [1.82, 2.24) is 0 Å². The van der Waals surface area contributed by atoms with E-state index in [-0.39, 0.29) is 0 Å². The van der Waals surface area contributed by atoms with E-state index in [2.05, 4.69) is 4.74 Å². The van der Waals surface area contributed by atoms with Crippen molar-refractivity contribution < 1.29 is 14.3 Å². The van der Waals surface area contributed by atoms with Gasteiger partial charge < -0.3 is 10.5 Å². The van der Waals surface area contributed by atoms with Crippen LogP contribution in [0.5, 0.6) is 0 Å². The second-order valence-electron chi connectivity index (χ2n) is 3.85. The highest BCUT2D eigenvalue weighted by atomic mass is 16.6. The molecule has 1 fully saturated rings. The summed E-state index contributed by atoms with van der Waals surface area (Å²) in [7, 11) is 0. The normalized spacial score (nSPS) is 20.0. The van der Waals surface area contributed by atoms with Gasteiger partial charge in [-0.05, 0) is 12.3 Å². The summed E-state index contributed by atoms with van der Waals surface area (Å²) in [5.74, 6) is 0.512. The summed E-state index contributed by atoms with van der Waals surface area (Å²) in [5, 5.41) is 0. The van der Waals surface area contributed by atoms with Crippen molar-refractivity contribution in [2.75, 3.05) is 0 Å². The van der Waals surface area contributed by atoms with E-state index in [0.717, 1.165) is 12.8 Å². The molecule has 0 heterocycles. The molecule has 0 bridgehead atoms. The molecule has 2 N–H and O–H groups in total. The number of amides is 1. The van der Waals surface area contributed by atoms with Gasteiger partial charge in [0.25, 0.3) is 0 Å². The molecule has 0 saturated heterocycles. The summed E-state index contributed by atoms with van der Waals surface area (Å²) >= 11 is 0. The quantitative estimate of drug-likeness (QED) is 0.699. The van der Waals surface area contributed by atoms with Crippen LogP contribution in [-0.2, 0) is 9.53 Å². The molecular formula is C10H17NO3. The maximum atomic E-state index is 10.6. The minimum atomic E-state index is -0.863. The predicted molar refractivity (Wildman–Crippen MR) is 51.7 cm³/mol. The van der Waals surface area contributed by atoms with E-state index in [0.29, 0.717) is 18.6 Å². The molecule has 14 heavy (non-hydrogen) atoms. The van der Waals surface area contributed by atoms with Crippen LogP contribution in [0.2, 0.25) is 0 Å². The maximum absolute atomic E-state index is 10.6. The van der Waals surface area contributed by atoms with Crippen LogP contribution in [0.1, 0.15) is 38.5 Å². The number of carbonyl (C=O) groups excluding carboxylic acids is 2. The topological polar surface area (TPSA) is 69.4 Å². The van der Waals surface area contributed by atoms with Crippen LogP contribution < -0.4 is 5.73 Å². The van der Waals surface area contributed by atoms with Crippen molar-refractivity contribution in [3.05, 3.63) is 0 Å². The van der Waals surface area contributed by atoms with Gasteiger partial charge >= 0.3 is 6.09 Å². The zero-order chi connectivity index (χ0) is 10.4. The molecular weight excluding hydrogens is 182 g/mol. The molecule has 0 aromatic heterocycles. The van der Waals surface area contributed by atoms with Crippen LogP contribution in [0.3, 0.4) is 0 Å². The lowest BCUT2D eigenvalue weighted by molar-refractivity contribution is -0.115. The van der Waals surface area contributed by atoms with Gasteiger partial charge in [0.2, 0.25) is 0 Å². The fraction of sp³-hybridized carbons (Fsp3) is 0.800. The predicted octanol–water partition coefficient (Wildman–Crippen LogP) is 1.62. The molecule has 80 valence electrons. The molecule has 0 unspecified atom stereocenters. The van der Waals surface area contributed by atoms with Gasteiger partial charge in [0.1, 0.15) is 0 Å². The van der Waals surface area contributed by atoms with Crippen molar-refractivity contribution in [3.8, 4) is 0 Å². The Morgan fingerprint density at radius 1 is 1.43 bits per heavy atom. The molecule has 0 radical (unpaired) electrons. The third-order valence-corrected chi connectivity index (χ3v) is 2.71. The van der Waals surface area contributed by atoms with Crippen LogP contribution in [0.4, 0.5) is 4.79 Å². The Labute approximate surface area is 83.8 Å². The largest absolute Gasteiger partial charge is 0.439 e. The number of primary amides is 1. The number of rotatable bonds is 4. The van der Waals surface area contributed by atoms with Crippen LogP contribution in [-0.4, -0.2) is 18.5 Å². The summed E-state index contributed by atoms with van der Waals surface area (Å²) in [6.45, 7) is 0. The maximum Gasteiger partial charge on any atom is 0.405 e. The van der Waals surface area contributed by atoms with Crippen LogP contribution in [0, 0.1) is 5.92 Å². The second kappa shape index (κ2) is 5.62. The number of aldehydes is 1. The van der Waals surface area contributed by atoms with Gasteiger partial charge in [-0.3, -0.25) is 4.79 Å². The van der Waals surface area contributed by atoms with E-state index < -0.39 is 12.2 Å². The molecule has 0 spiro atoms. The summed E-state index contributed by atoms with van der Waals surface area (Å²) in [6, 6.07) is 0. The van der Waals surface area contributed by atoms with E-state index in [1.165, 1.54) is 19.3 Å². The Morgan fingerprint density at radius 2 is 2.07 bits per heavy atom. The molecule has 4 heteroatoms. The Hall–Kier alpha value is -1.06. The van der Waals surface area contributed by atoms with E-state index >= 15 is 0 Å². The number of hydrogen-bond acceptors (Lipinski definition) is 3. The fourth-order valence-corrected chi connectivity index (χ4v) is 2.03. The first-order valence-electron chi connectivity index (χ1n) is 5.13. The number of carbonyl (C=O) groups is 2. The Morgan fingerprint density at radius 3 is 2.57 bits per heavy atom. The molecule has 1 atom stereocenters. The van der Waals surface area contributed by atoms with Gasteiger partial charge in [-0.2, -0.15) is 0 Å². The minimum absolute atomic E-state index is 0.512. The highest BCUT2D eigenvalue weighted by Crippen LogP contribution is 2.27. The first kappa shape index (κ1) is 11.0. The van der Waals surface area contributed by atoms with E-state index in [1.54, 1.807) is 0 Å². The zero-order valence-corrected chi connectivity index (χ0v) is 8.28. The van der Waals surface area contributed by atoms with E-state index in [1.807, 2.05) is 0 Å². The molecule has 1 aliphatic rings. The molecule has 1 aliphatic carbocycles. The van der Waals surface area contributed by atoms with Gasteiger partial charge in [0.05, 0.1) is 0 Å². The van der Waals surface area contributed by atoms with E-state index in [4.69, 9.17) is 5.73 Å². The van der Waals surface area contributed by atoms with Gasteiger partial charge in [-0.15, -0.1) is 0 Å². The number of hydrogen-bond donors (Lipinski definition) is 1. The molecule has 0 aromatic rings. The molecule has 1 amide bonds. The highest BCUT2D eigenvalue weighted by Gasteiger charge is 2.20. The SMILES string of the molecule is NC(=O)O[C@H](C=O)CC1CCCCC1. The zero-order valence-electron chi connectivity index (χ0n) is 8.28. The van der Waals surface area contributed by atoms with Gasteiger partial charge in [0, 0.05) is 0 Å². The fourth-order valence-electron chi connectivity index (χ4n) is 2.03. The van der Waals surface area contributed by atoms with Crippen molar-refractivity contribution >= 4 is 12.4 Å². The van der Waals surface area contributed by atoms with Crippen molar-refractivity contribution in [3.63, 3.8) is 0 Å². The van der Waals surface area contributed by atoms with Gasteiger partial charge in [-0.25, -0.2) is 4.79 Å². The third-order valence-electron chi connectivity index (χ3n) is 2.71. The summed E-state index contributed by atoms with van der Waals surface area (Å²) < 4.78 is 4.67. The summed E-state index contributed by atoms with van der Waals surface area (Å²) in [4.78, 5) is 21.0. The summed E-state index contributed by atoms with van der Waals surface area (Å²) in [5.41, 5.74) is 4.85. The van der Waals surface area contributed by atoms with Crippen LogP contribution >= 0.6 is 0 Å². The van der Waals surface area contributed by atoms with Gasteiger partial charge in [0.15, 0.2) is 12.4 Å². The standard InChI is InChI=1S/C10H17NO3/c11-10(13)14-9(7-12)6-8-4-2-1-3-5-8/h7-9H,1-6H2,(H2,11,13)/t9-/m0/s1. The number of nitrogens with two attached hydrogens (primary N) is 1. The van der Waals surface area contributed by atoms with Gasteiger partial charge in [-0.1, -0.05) is 32.1 Å². The second-order valence-corrected chi connectivity index (χ2v) is 3.85. The molecule has 1 saturated carbocycles. The third kappa shape index (κ3) is 3.77. The smallest absolute Gasteiger partial charge is 0.405 e. The molecule has 4 nitrogen and oxygen atoms in total. The lowest BCUT2D eigenvalue weighted by Gasteiger charge is -2.23. The highest BCUT2D eigenvalue weighted by molar-refractivity contribution is 5.68. The minimum Gasteiger partial charge on any atom is -0.439 e. The van der Waals surface area contributed by atoms with Crippen LogP contribution in [0.25, 0.3) is 0 Å². The average Bonchev–Trinajstić information content (AvgIpc) is 2.17. The van der Waals surface area contributed by atoms with Crippen molar-refractivity contribution in [2.45, 2.75) is 44.6 Å².